The van der Waals surface area contributed by atoms with Crippen molar-refractivity contribution in [2.45, 2.75) is 32.7 Å². The summed E-state index contributed by atoms with van der Waals surface area (Å²) in [6, 6.07) is 17.0. The van der Waals surface area contributed by atoms with Gasteiger partial charge in [0.25, 0.3) is 5.91 Å². The summed E-state index contributed by atoms with van der Waals surface area (Å²) in [5, 5.41) is 16.0. The van der Waals surface area contributed by atoms with E-state index in [1.54, 1.807) is 6.21 Å². The molecule has 1 heterocycles. The van der Waals surface area contributed by atoms with Gasteiger partial charge in [-0.1, -0.05) is 50.1 Å². The molecule has 150 valence electrons. The van der Waals surface area contributed by atoms with E-state index in [0.29, 0.717) is 5.82 Å². The number of benzene rings is 2. The fraction of sp³-hybridized carbons (Fsp3) is 0.286. The second-order valence-corrected chi connectivity index (χ2v) is 6.43. The van der Waals surface area contributed by atoms with Crippen molar-refractivity contribution in [3.8, 4) is 17.1 Å². The summed E-state index contributed by atoms with van der Waals surface area (Å²) in [5.41, 5.74) is 4.16. The van der Waals surface area contributed by atoms with Gasteiger partial charge in [-0.25, -0.2) is 5.43 Å². The molecule has 1 aromatic heterocycles. The minimum absolute atomic E-state index is 0.0677. The number of nitrogens with one attached hydrogen (secondary N) is 1. The second-order valence-electron chi connectivity index (χ2n) is 6.43. The minimum Gasteiger partial charge on any atom is -0.494 e. The van der Waals surface area contributed by atoms with Gasteiger partial charge in [-0.15, -0.1) is 10.2 Å². The number of amides is 1. The van der Waals surface area contributed by atoms with Gasteiger partial charge in [-0.3, -0.25) is 4.79 Å². The third-order valence-corrected chi connectivity index (χ3v) is 4.07. The first-order valence-corrected chi connectivity index (χ1v) is 9.62. The van der Waals surface area contributed by atoms with E-state index >= 15 is 0 Å². The van der Waals surface area contributed by atoms with Crippen LogP contribution in [0.4, 0.5) is 0 Å². The van der Waals surface area contributed by atoms with Crippen molar-refractivity contribution in [3.05, 3.63) is 60.2 Å². The van der Waals surface area contributed by atoms with E-state index in [2.05, 4.69) is 32.9 Å². The van der Waals surface area contributed by atoms with Crippen molar-refractivity contribution < 1.29 is 9.53 Å². The van der Waals surface area contributed by atoms with Crippen molar-refractivity contribution in [1.82, 2.24) is 25.6 Å². The normalized spacial score (nSPS) is 10.9. The number of hydrogen-bond acceptors (Lipinski definition) is 6. The van der Waals surface area contributed by atoms with E-state index in [1.807, 2.05) is 54.6 Å². The summed E-state index contributed by atoms with van der Waals surface area (Å²) in [5.74, 6) is 0.960. The van der Waals surface area contributed by atoms with Crippen molar-refractivity contribution in [1.29, 1.82) is 0 Å². The predicted octanol–water partition coefficient (Wildman–Crippen LogP) is 3.06. The molecule has 0 unspecified atom stereocenters. The number of unbranched alkanes of at least 4 members (excludes halogenated alkanes) is 2. The lowest BCUT2D eigenvalue weighted by molar-refractivity contribution is -0.122. The Morgan fingerprint density at radius 3 is 2.69 bits per heavy atom. The fourth-order valence-electron chi connectivity index (χ4n) is 2.55. The van der Waals surface area contributed by atoms with Gasteiger partial charge in [-0.2, -0.15) is 9.90 Å². The maximum atomic E-state index is 12.0. The molecule has 0 bridgehead atoms. The predicted molar refractivity (Wildman–Crippen MR) is 110 cm³/mol. The van der Waals surface area contributed by atoms with Gasteiger partial charge in [0.2, 0.25) is 5.82 Å². The highest BCUT2D eigenvalue weighted by Crippen LogP contribution is 2.12. The molecule has 1 N–H and O–H groups in total. The number of carbonyl (C=O) groups is 1. The summed E-state index contributed by atoms with van der Waals surface area (Å²) >= 11 is 0. The Hall–Kier alpha value is -3.55. The molecule has 2 aromatic carbocycles. The van der Waals surface area contributed by atoms with Crippen LogP contribution in [0.2, 0.25) is 0 Å². The van der Waals surface area contributed by atoms with E-state index in [0.717, 1.165) is 29.9 Å². The van der Waals surface area contributed by atoms with Crippen LogP contribution in [-0.2, 0) is 11.3 Å². The highest BCUT2D eigenvalue weighted by Gasteiger charge is 2.08. The van der Waals surface area contributed by atoms with Crippen LogP contribution in [-0.4, -0.2) is 38.9 Å². The molecule has 0 saturated carbocycles. The molecule has 1 amide bonds. The van der Waals surface area contributed by atoms with Gasteiger partial charge in [-0.05, 0) is 41.5 Å². The first kappa shape index (κ1) is 20.2. The van der Waals surface area contributed by atoms with E-state index in [9.17, 15) is 4.79 Å². The molecule has 29 heavy (non-hydrogen) atoms. The van der Waals surface area contributed by atoms with Gasteiger partial charge in [0.1, 0.15) is 12.3 Å². The van der Waals surface area contributed by atoms with Crippen molar-refractivity contribution in [2.24, 2.45) is 5.10 Å². The Morgan fingerprint density at radius 1 is 1.14 bits per heavy atom. The topological polar surface area (TPSA) is 94.3 Å². The van der Waals surface area contributed by atoms with Gasteiger partial charge in [0, 0.05) is 5.56 Å². The van der Waals surface area contributed by atoms with E-state index in [4.69, 9.17) is 4.74 Å². The second kappa shape index (κ2) is 10.7. The maximum absolute atomic E-state index is 12.0. The molecule has 0 saturated heterocycles. The smallest absolute Gasteiger partial charge is 0.263 e. The average Bonchev–Trinajstić information content (AvgIpc) is 3.21. The number of tetrazole rings is 1. The molecule has 8 nitrogen and oxygen atoms in total. The third-order valence-electron chi connectivity index (χ3n) is 4.07. The van der Waals surface area contributed by atoms with Crippen LogP contribution in [0.25, 0.3) is 11.4 Å². The molecule has 3 aromatic rings. The molecule has 0 radical (unpaired) electrons. The number of nitrogens with zero attached hydrogens (tertiary/aromatic N) is 5. The lowest BCUT2D eigenvalue weighted by atomic mass is 10.2. The molecular weight excluding hydrogens is 368 g/mol. The minimum atomic E-state index is -0.339. The Morgan fingerprint density at radius 2 is 1.93 bits per heavy atom. The Kier molecular flexibility index (Phi) is 7.45. The van der Waals surface area contributed by atoms with Crippen LogP contribution in [0.15, 0.2) is 59.7 Å². The van der Waals surface area contributed by atoms with Crippen LogP contribution in [0.3, 0.4) is 0 Å². The lowest BCUT2D eigenvalue weighted by Gasteiger charge is -2.05. The molecule has 0 atom stereocenters. The quantitative estimate of drug-likeness (QED) is 0.325. The molecular formula is C21H24N6O2. The van der Waals surface area contributed by atoms with E-state index in [1.165, 1.54) is 17.6 Å². The van der Waals surface area contributed by atoms with Crippen LogP contribution in [0.5, 0.6) is 5.75 Å². The zero-order valence-electron chi connectivity index (χ0n) is 16.4. The number of hydrazone groups is 1. The monoisotopic (exact) mass is 392 g/mol. The summed E-state index contributed by atoms with van der Waals surface area (Å²) in [4.78, 5) is 13.2. The molecule has 3 rings (SSSR count). The third kappa shape index (κ3) is 6.53. The number of aromatic nitrogens is 4. The summed E-state index contributed by atoms with van der Waals surface area (Å²) < 4.78 is 5.67. The maximum Gasteiger partial charge on any atom is 0.263 e. The van der Waals surface area contributed by atoms with E-state index < -0.39 is 0 Å². The van der Waals surface area contributed by atoms with Crippen molar-refractivity contribution in [3.63, 3.8) is 0 Å². The van der Waals surface area contributed by atoms with Crippen LogP contribution in [0, 0.1) is 0 Å². The highest BCUT2D eigenvalue weighted by molar-refractivity contribution is 5.82. The van der Waals surface area contributed by atoms with E-state index in [-0.39, 0.29) is 12.5 Å². The summed E-state index contributed by atoms with van der Waals surface area (Å²) in [7, 11) is 0. The van der Waals surface area contributed by atoms with Crippen LogP contribution >= 0.6 is 0 Å². The van der Waals surface area contributed by atoms with Crippen molar-refractivity contribution in [2.75, 3.05) is 6.61 Å². The molecule has 0 aliphatic rings. The average molecular weight is 392 g/mol. The van der Waals surface area contributed by atoms with Gasteiger partial charge in [0.05, 0.1) is 12.8 Å². The standard InChI is InChI=1S/C21H24N6O2/c1-2-3-7-14-29-19-12-10-17(11-13-19)15-22-23-20(28)16-27-25-21(24-26-27)18-8-5-4-6-9-18/h4-6,8-13,15H,2-3,7,14,16H2,1H3,(H,23,28)/b22-15+. The van der Waals surface area contributed by atoms with Gasteiger partial charge in [0.15, 0.2) is 0 Å². The lowest BCUT2D eigenvalue weighted by Crippen LogP contribution is -2.24. The fourth-order valence-corrected chi connectivity index (χ4v) is 2.55. The highest BCUT2D eigenvalue weighted by atomic mass is 16.5. The first-order valence-electron chi connectivity index (χ1n) is 9.62. The molecule has 8 heteroatoms. The largest absolute Gasteiger partial charge is 0.494 e. The Labute approximate surface area is 169 Å². The summed E-state index contributed by atoms with van der Waals surface area (Å²) in [6.45, 7) is 2.82. The van der Waals surface area contributed by atoms with Crippen LogP contribution in [0.1, 0.15) is 31.7 Å². The van der Waals surface area contributed by atoms with Gasteiger partial charge < -0.3 is 4.74 Å². The summed E-state index contributed by atoms with van der Waals surface area (Å²) in [6.07, 6.45) is 4.97. The molecule has 0 spiro atoms. The van der Waals surface area contributed by atoms with Crippen molar-refractivity contribution >= 4 is 12.1 Å². The zero-order chi connectivity index (χ0) is 20.3. The Bertz CT molecular complexity index is 922. The number of hydrogen-bond donors (Lipinski definition) is 1. The molecule has 0 aliphatic heterocycles. The SMILES string of the molecule is CCCCCOc1ccc(/C=N/NC(=O)Cn2nnc(-c3ccccc3)n2)cc1. The molecule has 0 fully saturated rings. The molecule has 0 aliphatic carbocycles. The Balaban J connectivity index is 1.44. The zero-order valence-corrected chi connectivity index (χ0v) is 16.4. The number of rotatable bonds is 10. The first-order chi connectivity index (χ1) is 14.2. The number of ether oxygens (including phenoxy) is 1. The van der Waals surface area contributed by atoms with Crippen LogP contribution < -0.4 is 10.2 Å². The van der Waals surface area contributed by atoms with Gasteiger partial charge >= 0.3 is 0 Å². The number of carbonyl (C=O) groups excluding carboxylic acids is 1.